The minimum absolute atomic E-state index is 0.132. The lowest BCUT2D eigenvalue weighted by molar-refractivity contribution is -0.137. The molecule has 0 saturated carbocycles. The number of aromatic nitrogens is 1. The number of halogens is 3. The summed E-state index contributed by atoms with van der Waals surface area (Å²) in [7, 11) is 0. The second-order valence-corrected chi connectivity index (χ2v) is 4.84. The smallest absolute Gasteiger partial charge is 0.393 e. The summed E-state index contributed by atoms with van der Waals surface area (Å²) in [4.78, 5) is 5.90. The first kappa shape index (κ1) is 14.1. The Balaban J connectivity index is 2.17. The molecule has 0 aromatic carbocycles. The fourth-order valence-electron chi connectivity index (χ4n) is 2.44. The SMILES string of the molecule is CC[C@@H]1C[C@H](O)CCN1c1ccc(C(F)(F)F)cn1. The molecule has 0 spiro atoms. The Labute approximate surface area is 110 Å². The van der Waals surface area contributed by atoms with Gasteiger partial charge >= 0.3 is 6.18 Å². The molecular formula is C13H17F3N2O. The summed E-state index contributed by atoms with van der Waals surface area (Å²) in [6.45, 7) is 2.62. The Hall–Kier alpha value is -1.30. The summed E-state index contributed by atoms with van der Waals surface area (Å²) in [5.74, 6) is 0.548. The molecule has 2 rings (SSSR count). The molecule has 1 fully saturated rings. The summed E-state index contributed by atoms with van der Waals surface area (Å²) in [5.41, 5.74) is -0.735. The van der Waals surface area contributed by atoms with Gasteiger partial charge in [-0.15, -0.1) is 0 Å². The standard InChI is InChI=1S/C13H17F3N2O/c1-2-10-7-11(19)5-6-18(10)12-4-3-9(8-17-12)13(14,15)16/h3-4,8,10-11,19H,2,5-7H2,1H3/t10-,11-/m1/s1. The van der Waals surface area contributed by atoms with E-state index < -0.39 is 11.7 Å². The predicted molar refractivity (Wildman–Crippen MR) is 65.9 cm³/mol. The van der Waals surface area contributed by atoms with Gasteiger partial charge in [0.15, 0.2) is 0 Å². The third-order valence-corrected chi connectivity index (χ3v) is 3.53. The maximum absolute atomic E-state index is 12.5. The van der Waals surface area contributed by atoms with Gasteiger partial charge in [-0.3, -0.25) is 0 Å². The largest absolute Gasteiger partial charge is 0.417 e. The lowest BCUT2D eigenvalue weighted by Gasteiger charge is -2.38. The Morgan fingerprint density at radius 2 is 2.16 bits per heavy atom. The van der Waals surface area contributed by atoms with E-state index in [0.29, 0.717) is 25.2 Å². The van der Waals surface area contributed by atoms with E-state index in [4.69, 9.17) is 0 Å². The van der Waals surface area contributed by atoms with Crippen LogP contribution in [0, 0.1) is 0 Å². The van der Waals surface area contributed by atoms with Crippen LogP contribution in [0.2, 0.25) is 0 Å². The van der Waals surface area contributed by atoms with E-state index in [2.05, 4.69) is 4.98 Å². The zero-order valence-corrected chi connectivity index (χ0v) is 10.7. The van der Waals surface area contributed by atoms with Crippen molar-refractivity contribution >= 4 is 5.82 Å². The number of hydrogen-bond donors (Lipinski definition) is 1. The molecule has 1 N–H and O–H groups in total. The van der Waals surface area contributed by atoms with Gasteiger partial charge in [0.1, 0.15) is 5.82 Å². The van der Waals surface area contributed by atoms with Crippen molar-refractivity contribution in [1.29, 1.82) is 0 Å². The molecule has 0 bridgehead atoms. The van der Waals surface area contributed by atoms with Crippen molar-refractivity contribution < 1.29 is 18.3 Å². The van der Waals surface area contributed by atoms with Crippen LogP contribution >= 0.6 is 0 Å². The van der Waals surface area contributed by atoms with E-state index in [-0.39, 0.29) is 12.1 Å². The van der Waals surface area contributed by atoms with Crippen molar-refractivity contribution in [3.63, 3.8) is 0 Å². The fourth-order valence-corrected chi connectivity index (χ4v) is 2.44. The highest BCUT2D eigenvalue weighted by atomic mass is 19.4. The average molecular weight is 274 g/mol. The van der Waals surface area contributed by atoms with Crippen LogP contribution in [-0.4, -0.2) is 28.8 Å². The molecule has 1 saturated heterocycles. The van der Waals surface area contributed by atoms with Crippen molar-refractivity contribution in [1.82, 2.24) is 4.98 Å². The molecule has 106 valence electrons. The van der Waals surface area contributed by atoms with E-state index in [1.807, 2.05) is 11.8 Å². The highest BCUT2D eigenvalue weighted by Crippen LogP contribution is 2.31. The third-order valence-electron chi connectivity index (χ3n) is 3.53. The van der Waals surface area contributed by atoms with Gasteiger partial charge in [0.2, 0.25) is 0 Å². The maximum Gasteiger partial charge on any atom is 0.417 e. The van der Waals surface area contributed by atoms with Crippen LogP contribution in [0.5, 0.6) is 0 Å². The molecule has 1 aromatic heterocycles. The first-order chi connectivity index (χ1) is 8.91. The molecule has 0 amide bonds. The number of anilines is 1. The van der Waals surface area contributed by atoms with Crippen LogP contribution in [0.1, 0.15) is 31.7 Å². The number of aliphatic hydroxyl groups excluding tert-OH is 1. The monoisotopic (exact) mass is 274 g/mol. The number of aliphatic hydroxyl groups is 1. The van der Waals surface area contributed by atoms with Crippen molar-refractivity contribution in [3.8, 4) is 0 Å². The fraction of sp³-hybridized carbons (Fsp3) is 0.615. The summed E-state index contributed by atoms with van der Waals surface area (Å²) in [6.07, 6.45) is -1.71. The van der Waals surface area contributed by atoms with Crippen LogP contribution in [0.15, 0.2) is 18.3 Å². The molecule has 6 heteroatoms. The molecule has 2 heterocycles. The minimum atomic E-state index is -4.35. The van der Waals surface area contributed by atoms with Gasteiger partial charge in [-0.1, -0.05) is 6.92 Å². The van der Waals surface area contributed by atoms with Gasteiger partial charge in [-0.25, -0.2) is 4.98 Å². The van der Waals surface area contributed by atoms with Gasteiger partial charge in [0.05, 0.1) is 11.7 Å². The molecule has 19 heavy (non-hydrogen) atoms. The van der Waals surface area contributed by atoms with E-state index >= 15 is 0 Å². The van der Waals surface area contributed by atoms with Gasteiger partial charge in [0, 0.05) is 18.8 Å². The van der Waals surface area contributed by atoms with E-state index in [0.717, 1.165) is 18.7 Å². The molecule has 0 aliphatic carbocycles. The molecule has 1 aliphatic heterocycles. The van der Waals surface area contributed by atoms with Crippen molar-refractivity contribution in [3.05, 3.63) is 23.9 Å². The predicted octanol–water partition coefficient (Wildman–Crippen LogP) is 2.84. The molecule has 1 aromatic rings. The topological polar surface area (TPSA) is 36.4 Å². The molecule has 2 atom stereocenters. The zero-order valence-electron chi connectivity index (χ0n) is 10.7. The van der Waals surface area contributed by atoms with Crippen LogP contribution in [0.3, 0.4) is 0 Å². The van der Waals surface area contributed by atoms with Crippen LogP contribution in [0.25, 0.3) is 0 Å². The summed E-state index contributed by atoms with van der Waals surface area (Å²) < 4.78 is 37.4. The molecular weight excluding hydrogens is 257 g/mol. The Morgan fingerprint density at radius 3 is 2.68 bits per heavy atom. The quantitative estimate of drug-likeness (QED) is 0.901. The zero-order chi connectivity index (χ0) is 14.0. The third kappa shape index (κ3) is 3.18. The Bertz CT molecular complexity index is 419. The second kappa shape index (κ2) is 5.36. The summed E-state index contributed by atoms with van der Waals surface area (Å²) in [6, 6.07) is 2.59. The van der Waals surface area contributed by atoms with Gasteiger partial charge in [-0.2, -0.15) is 13.2 Å². The molecule has 3 nitrogen and oxygen atoms in total. The van der Waals surface area contributed by atoms with Gasteiger partial charge in [0.25, 0.3) is 0 Å². The lowest BCUT2D eigenvalue weighted by atomic mass is 9.97. The molecule has 0 radical (unpaired) electrons. The van der Waals surface area contributed by atoms with Crippen molar-refractivity contribution in [2.24, 2.45) is 0 Å². The van der Waals surface area contributed by atoms with Crippen LogP contribution in [-0.2, 0) is 6.18 Å². The Morgan fingerprint density at radius 1 is 1.42 bits per heavy atom. The molecule has 0 unspecified atom stereocenters. The minimum Gasteiger partial charge on any atom is -0.393 e. The van der Waals surface area contributed by atoms with E-state index in [1.165, 1.54) is 6.07 Å². The Kier molecular flexibility index (Phi) is 3.99. The second-order valence-electron chi connectivity index (χ2n) is 4.84. The number of nitrogens with zero attached hydrogens (tertiary/aromatic N) is 2. The maximum atomic E-state index is 12.5. The highest BCUT2D eigenvalue weighted by molar-refractivity contribution is 5.41. The first-order valence-corrected chi connectivity index (χ1v) is 6.39. The van der Waals surface area contributed by atoms with E-state index in [9.17, 15) is 18.3 Å². The van der Waals surface area contributed by atoms with Crippen LogP contribution < -0.4 is 4.90 Å². The van der Waals surface area contributed by atoms with E-state index in [1.54, 1.807) is 0 Å². The van der Waals surface area contributed by atoms with Crippen molar-refractivity contribution in [2.75, 3.05) is 11.4 Å². The normalized spacial score (nSPS) is 24.6. The van der Waals surface area contributed by atoms with Gasteiger partial charge < -0.3 is 10.0 Å². The summed E-state index contributed by atoms with van der Waals surface area (Å²) >= 11 is 0. The molecule has 1 aliphatic rings. The first-order valence-electron chi connectivity index (χ1n) is 6.39. The lowest BCUT2D eigenvalue weighted by Crippen LogP contribution is -2.44. The number of pyridine rings is 1. The van der Waals surface area contributed by atoms with Crippen molar-refractivity contribution in [2.45, 2.75) is 44.5 Å². The highest BCUT2D eigenvalue weighted by Gasteiger charge is 2.32. The number of piperidine rings is 1. The number of alkyl halides is 3. The van der Waals surface area contributed by atoms with Gasteiger partial charge in [-0.05, 0) is 31.4 Å². The van der Waals surface area contributed by atoms with Crippen LogP contribution in [0.4, 0.5) is 19.0 Å². The number of rotatable bonds is 2. The average Bonchev–Trinajstić information content (AvgIpc) is 2.37. The summed E-state index contributed by atoms with van der Waals surface area (Å²) in [5, 5.41) is 9.63. The number of hydrogen-bond acceptors (Lipinski definition) is 3.